The Morgan fingerprint density at radius 3 is 2.81 bits per heavy atom. The SMILES string of the molecule is COC(=O)C1NNCC1c1c(C#N)c(N)nc2c1CN(C(=O)C(C)C)CC2. The van der Waals surface area contributed by atoms with Crippen LogP contribution in [0.4, 0.5) is 5.82 Å². The number of amides is 1. The van der Waals surface area contributed by atoms with Crippen LogP contribution in [0.25, 0.3) is 0 Å². The molecule has 144 valence electrons. The lowest BCUT2D eigenvalue weighted by Gasteiger charge is -2.33. The smallest absolute Gasteiger partial charge is 0.324 e. The molecule has 9 heteroatoms. The van der Waals surface area contributed by atoms with Crippen LogP contribution in [0, 0.1) is 17.2 Å². The number of carbonyl (C=O) groups excluding carboxylic acids is 2. The van der Waals surface area contributed by atoms with Gasteiger partial charge in [0.05, 0.1) is 12.7 Å². The molecule has 0 saturated carbocycles. The number of carbonyl (C=O) groups is 2. The number of aromatic nitrogens is 1. The number of nitrogens with one attached hydrogen (secondary N) is 2. The number of methoxy groups -OCH3 is 1. The molecule has 3 heterocycles. The molecule has 0 spiro atoms. The van der Waals surface area contributed by atoms with Crippen LogP contribution in [0.5, 0.6) is 0 Å². The van der Waals surface area contributed by atoms with Gasteiger partial charge >= 0.3 is 5.97 Å². The molecule has 0 aliphatic carbocycles. The maximum absolute atomic E-state index is 12.5. The van der Waals surface area contributed by atoms with Crippen LogP contribution in [0.15, 0.2) is 0 Å². The summed E-state index contributed by atoms with van der Waals surface area (Å²) in [5.74, 6) is -0.687. The summed E-state index contributed by atoms with van der Waals surface area (Å²) in [5, 5.41) is 9.70. The molecule has 9 nitrogen and oxygen atoms in total. The Bertz CT molecular complexity index is 816. The molecule has 1 fully saturated rings. The van der Waals surface area contributed by atoms with Gasteiger partial charge in [-0.2, -0.15) is 5.26 Å². The Hall–Kier alpha value is -2.70. The number of fused-ring (bicyclic) bond motifs is 1. The molecule has 0 aromatic carbocycles. The van der Waals surface area contributed by atoms with Crippen LogP contribution in [0.1, 0.15) is 42.1 Å². The molecule has 0 radical (unpaired) electrons. The van der Waals surface area contributed by atoms with Gasteiger partial charge in [-0.25, -0.2) is 10.4 Å². The van der Waals surface area contributed by atoms with Crippen LogP contribution in [-0.2, 0) is 27.3 Å². The Kier molecular flexibility index (Phi) is 5.30. The van der Waals surface area contributed by atoms with Crippen molar-refractivity contribution in [3.8, 4) is 6.07 Å². The molecule has 2 aliphatic heterocycles. The van der Waals surface area contributed by atoms with Crippen LogP contribution in [0.3, 0.4) is 0 Å². The third kappa shape index (κ3) is 3.34. The van der Waals surface area contributed by atoms with Crippen molar-refractivity contribution in [3.63, 3.8) is 0 Å². The molecule has 1 amide bonds. The van der Waals surface area contributed by atoms with E-state index in [4.69, 9.17) is 10.5 Å². The van der Waals surface area contributed by atoms with Crippen molar-refractivity contribution in [3.05, 3.63) is 22.4 Å². The molecule has 1 saturated heterocycles. The summed E-state index contributed by atoms with van der Waals surface area (Å²) in [6.07, 6.45) is 0.563. The van der Waals surface area contributed by atoms with E-state index >= 15 is 0 Å². The van der Waals surface area contributed by atoms with Crippen molar-refractivity contribution >= 4 is 17.7 Å². The first-order valence-electron chi connectivity index (χ1n) is 8.95. The molecule has 4 N–H and O–H groups in total. The maximum atomic E-state index is 12.5. The number of hydrogen-bond acceptors (Lipinski definition) is 8. The van der Waals surface area contributed by atoms with Crippen molar-refractivity contribution in [2.24, 2.45) is 5.92 Å². The van der Waals surface area contributed by atoms with E-state index in [0.717, 1.165) is 11.3 Å². The first-order chi connectivity index (χ1) is 12.9. The minimum absolute atomic E-state index is 0.0501. The van der Waals surface area contributed by atoms with Gasteiger partial charge in [0.2, 0.25) is 5.91 Å². The predicted octanol–water partition coefficient (Wildman–Crippen LogP) is -0.191. The van der Waals surface area contributed by atoms with Crippen molar-refractivity contribution in [1.82, 2.24) is 20.7 Å². The van der Waals surface area contributed by atoms with E-state index in [1.54, 1.807) is 4.90 Å². The third-order valence-corrected chi connectivity index (χ3v) is 5.15. The van der Waals surface area contributed by atoms with Gasteiger partial charge in [-0.1, -0.05) is 13.8 Å². The number of hydrazine groups is 1. The fourth-order valence-electron chi connectivity index (χ4n) is 3.80. The summed E-state index contributed by atoms with van der Waals surface area (Å²) in [5.41, 5.74) is 14.5. The second kappa shape index (κ2) is 7.50. The lowest BCUT2D eigenvalue weighted by atomic mass is 9.84. The van der Waals surface area contributed by atoms with Crippen molar-refractivity contribution in [2.75, 3.05) is 25.9 Å². The Labute approximate surface area is 157 Å². The highest BCUT2D eigenvalue weighted by Crippen LogP contribution is 2.35. The number of nitrogens with zero attached hydrogens (tertiary/aromatic N) is 3. The van der Waals surface area contributed by atoms with Gasteiger partial charge in [0.25, 0.3) is 0 Å². The van der Waals surface area contributed by atoms with E-state index in [1.165, 1.54) is 7.11 Å². The van der Waals surface area contributed by atoms with Crippen LogP contribution >= 0.6 is 0 Å². The molecule has 2 atom stereocenters. The average molecular weight is 372 g/mol. The largest absolute Gasteiger partial charge is 0.468 e. The Balaban J connectivity index is 2.10. The number of pyridine rings is 1. The van der Waals surface area contributed by atoms with Gasteiger partial charge in [-0.05, 0) is 11.1 Å². The van der Waals surface area contributed by atoms with E-state index in [0.29, 0.717) is 31.6 Å². The van der Waals surface area contributed by atoms with Gasteiger partial charge in [0.1, 0.15) is 17.9 Å². The number of esters is 1. The number of anilines is 1. The minimum Gasteiger partial charge on any atom is -0.468 e. The maximum Gasteiger partial charge on any atom is 0.324 e. The molecular weight excluding hydrogens is 348 g/mol. The van der Waals surface area contributed by atoms with Gasteiger partial charge in [-0.15, -0.1) is 0 Å². The lowest BCUT2D eigenvalue weighted by molar-refractivity contribution is -0.143. The quantitative estimate of drug-likeness (QED) is 0.622. The first kappa shape index (κ1) is 19.1. The highest BCUT2D eigenvalue weighted by Gasteiger charge is 2.40. The van der Waals surface area contributed by atoms with E-state index in [9.17, 15) is 14.9 Å². The number of nitriles is 1. The lowest BCUT2D eigenvalue weighted by Crippen LogP contribution is -2.41. The van der Waals surface area contributed by atoms with Crippen molar-refractivity contribution in [1.29, 1.82) is 5.26 Å². The summed E-state index contributed by atoms with van der Waals surface area (Å²) >= 11 is 0. The Morgan fingerprint density at radius 2 is 2.19 bits per heavy atom. The second-order valence-corrected chi connectivity index (χ2v) is 7.12. The molecule has 3 rings (SSSR count). The molecule has 1 aromatic heterocycles. The number of rotatable bonds is 3. The van der Waals surface area contributed by atoms with Crippen molar-refractivity contribution in [2.45, 2.75) is 38.8 Å². The average Bonchev–Trinajstić information content (AvgIpc) is 3.14. The molecule has 2 unspecified atom stereocenters. The van der Waals surface area contributed by atoms with Crippen molar-refractivity contribution < 1.29 is 14.3 Å². The fourth-order valence-corrected chi connectivity index (χ4v) is 3.80. The summed E-state index contributed by atoms with van der Waals surface area (Å²) in [6, 6.07) is 1.49. The highest BCUT2D eigenvalue weighted by atomic mass is 16.5. The van der Waals surface area contributed by atoms with E-state index in [1.807, 2.05) is 13.8 Å². The number of nitrogen functional groups attached to an aromatic ring is 1. The fraction of sp³-hybridized carbons (Fsp3) is 0.556. The third-order valence-electron chi connectivity index (χ3n) is 5.15. The molecule has 1 aromatic rings. The van der Waals surface area contributed by atoms with E-state index in [2.05, 4.69) is 21.9 Å². The highest BCUT2D eigenvalue weighted by molar-refractivity contribution is 5.80. The molecular formula is C18H24N6O3. The first-order valence-corrected chi connectivity index (χ1v) is 8.95. The zero-order valence-corrected chi connectivity index (χ0v) is 15.7. The Morgan fingerprint density at radius 1 is 1.44 bits per heavy atom. The van der Waals surface area contributed by atoms with Crippen LogP contribution < -0.4 is 16.6 Å². The summed E-state index contributed by atoms with van der Waals surface area (Å²) in [4.78, 5) is 30.9. The zero-order valence-electron chi connectivity index (χ0n) is 15.7. The normalized spacial score (nSPS) is 21.7. The molecule has 27 heavy (non-hydrogen) atoms. The van der Waals surface area contributed by atoms with Gasteiger partial charge < -0.3 is 15.4 Å². The van der Waals surface area contributed by atoms with Gasteiger partial charge in [0, 0.05) is 43.6 Å². The predicted molar refractivity (Wildman–Crippen MR) is 97.0 cm³/mol. The van der Waals surface area contributed by atoms with E-state index < -0.39 is 12.0 Å². The molecule has 0 bridgehead atoms. The summed E-state index contributed by atoms with van der Waals surface area (Å²) in [6.45, 7) is 5.07. The molecule has 2 aliphatic rings. The second-order valence-electron chi connectivity index (χ2n) is 7.12. The van der Waals surface area contributed by atoms with Crippen LogP contribution in [-0.4, -0.2) is 48.0 Å². The van der Waals surface area contributed by atoms with E-state index in [-0.39, 0.29) is 29.1 Å². The minimum atomic E-state index is -0.649. The summed E-state index contributed by atoms with van der Waals surface area (Å²) in [7, 11) is 1.32. The van der Waals surface area contributed by atoms with Gasteiger partial charge in [-0.3, -0.25) is 15.0 Å². The monoisotopic (exact) mass is 372 g/mol. The number of nitrogens with two attached hydrogens (primary N) is 1. The summed E-state index contributed by atoms with van der Waals surface area (Å²) < 4.78 is 4.89. The number of hydrogen-bond donors (Lipinski definition) is 3. The van der Waals surface area contributed by atoms with Crippen LogP contribution in [0.2, 0.25) is 0 Å². The van der Waals surface area contributed by atoms with Gasteiger partial charge in [0.15, 0.2) is 0 Å². The topological polar surface area (TPSA) is 133 Å². The standard InChI is InChI=1S/C18H24N6O3/c1-9(2)17(25)24-5-4-13-12(8-24)14(10(6-19)16(20)22-13)11-7-21-23-15(11)18(26)27-3/h9,11,15,21,23H,4-5,7-8H2,1-3H3,(H2,20,22). The zero-order chi connectivity index (χ0) is 19.7. The number of ether oxygens (including phenoxy) is 1.